The Bertz CT molecular complexity index is 1160. The van der Waals surface area contributed by atoms with Gasteiger partial charge in [0.05, 0.1) is 21.2 Å². The zero-order valence-electron chi connectivity index (χ0n) is 14.9. The van der Waals surface area contributed by atoms with Gasteiger partial charge in [-0.1, -0.05) is 29.8 Å². The van der Waals surface area contributed by atoms with Gasteiger partial charge in [-0.2, -0.15) is 0 Å². The van der Waals surface area contributed by atoms with Gasteiger partial charge < -0.3 is 11.1 Å². The Kier molecular flexibility index (Phi) is 5.86. The highest BCUT2D eigenvalue weighted by Gasteiger charge is 2.16. The first kappa shape index (κ1) is 20.4. The molecule has 0 unspecified atom stereocenters. The maximum Gasteiger partial charge on any atom is 0.261 e. The average Bonchev–Trinajstić information content (AvgIpc) is 2.69. The first-order chi connectivity index (χ1) is 13.8. The van der Waals surface area contributed by atoms with Crippen LogP contribution in [0.15, 0.2) is 77.7 Å². The third-order valence-electron chi connectivity index (χ3n) is 3.95. The topological polar surface area (TPSA) is 118 Å². The van der Waals surface area contributed by atoms with Crippen LogP contribution < -0.4 is 15.8 Å². The maximum absolute atomic E-state index is 12.4. The van der Waals surface area contributed by atoms with Crippen LogP contribution in [0.1, 0.15) is 20.7 Å². The van der Waals surface area contributed by atoms with Crippen molar-refractivity contribution in [3.8, 4) is 0 Å². The van der Waals surface area contributed by atoms with Crippen LogP contribution in [0.25, 0.3) is 0 Å². The summed E-state index contributed by atoms with van der Waals surface area (Å²) in [4.78, 5) is 23.6. The normalized spacial score (nSPS) is 10.9. The molecule has 9 heteroatoms. The van der Waals surface area contributed by atoms with Gasteiger partial charge in [0.15, 0.2) is 0 Å². The Labute approximate surface area is 172 Å². The monoisotopic (exact) mass is 429 g/mol. The molecule has 3 aromatic carbocycles. The summed E-state index contributed by atoms with van der Waals surface area (Å²) >= 11 is 6.18. The molecule has 0 aromatic heterocycles. The molecule has 0 spiro atoms. The van der Waals surface area contributed by atoms with E-state index in [-0.39, 0.29) is 21.2 Å². The maximum atomic E-state index is 12.4. The van der Waals surface area contributed by atoms with Crippen molar-refractivity contribution < 1.29 is 18.0 Å². The van der Waals surface area contributed by atoms with E-state index in [1.165, 1.54) is 54.6 Å². The van der Waals surface area contributed by atoms with Crippen LogP contribution >= 0.6 is 11.6 Å². The van der Waals surface area contributed by atoms with Crippen molar-refractivity contribution in [1.82, 2.24) is 0 Å². The first-order valence-corrected chi connectivity index (χ1v) is 10.2. The van der Waals surface area contributed by atoms with Crippen molar-refractivity contribution in [2.75, 3.05) is 10.0 Å². The molecule has 0 atom stereocenters. The molecule has 29 heavy (non-hydrogen) atoms. The Morgan fingerprint density at radius 3 is 2.07 bits per heavy atom. The zero-order chi connectivity index (χ0) is 21.0. The smallest absolute Gasteiger partial charge is 0.261 e. The molecule has 0 fully saturated rings. The number of halogens is 1. The van der Waals surface area contributed by atoms with Gasteiger partial charge >= 0.3 is 0 Å². The second kappa shape index (κ2) is 8.34. The predicted octanol–water partition coefficient (Wildman–Crippen LogP) is 3.49. The van der Waals surface area contributed by atoms with Crippen molar-refractivity contribution in [2.45, 2.75) is 4.90 Å². The second-order valence-corrected chi connectivity index (χ2v) is 8.10. The summed E-state index contributed by atoms with van der Waals surface area (Å²) in [5, 5.41) is 2.72. The molecule has 0 bridgehead atoms. The molecule has 0 saturated carbocycles. The van der Waals surface area contributed by atoms with E-state index in [1.54, 1.807) is 18.2 Å². The number of hydrogen-bond donors (Lipinski definition) is 3. The van der Waals surface area contributed by atoms with Crippen LogP contribution in [-0.4, -0.2) is 20.2 Å². The molecule has 7 nitrogen and oxygen atoms in total. The number of primary amides is 1. The van der Waals surface area contributed by atoms with Gasteiger partial charge in [-0.3, -0.25) is 14.3 Å². The molecule has 3 aromatic rings. The molecule has 0 heterocycles. The number of benzene rings is 3. The van der Waals surface area contributed by atoms with Crippen molar-refractivity contribution in [3.63, 3.8) is 0 Å². The van der Waals surface area contributed by atoms with Gasteiger partial charge in [-0.05, 0) is 54.6 Å². The number of nitrogens with one attached hydrogen (secondary N) is 2. The van der Waals surface area contributed by atoms with Gasteiger partial charge in [0.25, 0.3) is 15.9 Å². The van der Waals surface area contributed by atoms with Crippen LogP contribution in [0.2, 0.25) is 5.02 Å². The Hall–Kier alpha value is -3.36. The number of carbonyl (C=O) groups excluding carboxylic acids is 2. The SMILES string of the molecule is NC(=O)c1ccc(NC(=O)c2ccc(NS(=O)(=O)c3ccccc3)cc2Cl)cc1. The lowest BCUT2D eigenvalue weighted by molar-refractivity contribution is 0.0998. The highest BCUT2D eigenvalue weighted by atomic mass is 35.5. The molecule has 0 saturated heterocycles. The van der Waals surface area contributed by atoms with Gasteiger partial charge in [0.2, 0.25) is 5.91 Å². The summed E-state index contributed by atoms with van der Waals surface area (Å²) in [7, 11) is -3.77. The van der Waals surface area contributed by atoms with Crippen LogP contribution in [0, 0.1) is 0 Å². The molecule has 0 radical (unpaired) electrons. The molecule has 0 aliphatic rings. The molecular weight excluding hydrogens is 414 g/mol. The number of hydrogen-bond acceptors (Lipinski definition) is 4. The van der Waals surface area contributed by atoms with Gasteiger partial charge in [-0.15, -0.1) is 0 Å². The molecule has 4 N–H and O–H groups in total. The minimum Gasteiger partial charge on any atom is -0.366 e. The molecule has 0 aliphatic carbocycles. The zero-order valence-corrected chi connectivity index (χ0v) is 16.5. The Balaban J connectivity index is 1.75. The van der Waals surface area contributed by atoms with E-state index in [0.717, 1.165) is 0 Å². The molecule has 0 aliphatic heterocycles. The highest BCUT2D eigenvalue weighted by molar-refractivity contribution is 7.92. The van der Waals surface area contributed by atoms with Crippen molar-refractivity contribution in [1.29, 1.82) is 0 Å². The highest BCUT2D eigenvalue weighted by Crippen LogP contribution is 2.24. The fraction of sp³-hybridized carbons (Fsp3) is 0. The third-order valence-corrected chi connectivity index (χ3v) is 5.66. The summed E-state index contributed by atoms with van der Waals surface area (Å²) in [5.74, 6) is -1.06. The number of nitrogens with two attached hydrogens (primary N) is 1. The average molecular weight is 430 g/mol. The van der Waals surface area contributed by atoms with E-state index in [0.29, 0.717) is 11.3 Å². The molecule has 148 valence electrons. The van der Waals surface area contributed by atoms with E-state index < -0.39 is 21.8 Å². The van der Waals surface area contributed by atoms with E-state index in [2.05, 4.69) is 10.0 Å². The van der Waals surface area contributed by atoms with E-state index >= 15 is 0 Å². The quantitative estimate of drug-likeness (QED) is 0.555. The summed E-state index contributed by atoms with van der Waals surface area (Å²) in [6, 6.07) is 18.1. The van der Waals surface area contributed by atoms with Crippen molar-refractivity contribution in [2.24, 2.45) is 5.73 Å². The minimum atomic E-state index is -3.77. The number of amides is 2. The van der Waals surface area contributed by atoms with Gasteiger partial charge in [0, 0.05) is 11.3 Å². The van der Waals surface area contributed by atoms with E-state index in [9.17, 15) is 18.0 Å². The van der Waals surface area contributed by atoms with Gasteiger partial charge in [-0.25, -0.2) is 8.42 Å². The first-order valence-electron chi connectivity index (χ1n) is 8.35. The number of sulfonamides is 1. The van der Waals surface area contributed by atoms with Crippen LogP contribution in [0.4, 0.5) is 11.4 Å². The minimum absolute atomic E-state index is 0.0736. The molecule has 2 amide bonds. The summed E-state index contributed by atoms with van der Waals surface area (Å²) in [6.07, 6.45) is 0. The lowest BCUT2D eigenvalue weighted by Gasteiger charge is -2.11. The predicted molar refractivity (Wildman–Crippen MR) is 112 cm³/mol. The number of anilines is 2. The largest absolute Gasteiger partial charge is 0.366 e. The van der Waals surface area contributed by atoms with Crippen molar-refractivity contribution in [3.05, 3.63) is 88.9 Å². The second-order valence-electron chi connectivity index (χ2n) is 6.01. The van der Waals surface area contributed by atoms with Crippen LogP contribution in [0.3, 0.4) is 0 Å². The fourth-order valence-electron chi connectivity index (χ4n) is 2.49. The molecular formula is C20H16ClN3O4S. The summed E-state index contributed by atoms with van der Waals surface area (Å²) in [5.41, 5.74) is 6.33. The lowest BCUT2D eigenvalue weighted by Crippen LogP contribution is -2.15. The number of carbonyl (C=O) groups is 2. The Morgan fingerprint density at radius 1 is 0.862 bits per heavy atom. The Morgan fingerprint density at radius 2 is 1.48 bits per heavy atom. The van der Waals surface area contributed by atoms with Crippen LogP contribution in [-0.2, 0) is 10.0 Å². The van der Waals surface area contributed by atoms with Crippen LogP contribution in [0.5, 0.6) is 0 Å². The standard InChI is InChI=1S/C20H16ClN3O4S/c21-18-12-15(24-29(27,28)16-4-2-1-3-5-16)10-11-17(18)20(26)23-14-8-6-13(7-9-14)19(22)25/h1-12,24H,(H2,22,25)(H,23,26). The fourth-order valence-corrected chi connectivity index (χ4v) is 3.83. The number of rotatable bonds is 6. The summed E-state index contributed by atoms with van der Waals surface area (Å²) in [6.45, 7) is 0. The lowest BCUT2D eigenvalue weighted by atomic mass is 10.1. The van der Waals surface area contributed by atoms with Crippen molar-refractivity contribution >= 4 is 44.8 Å². The summed E-state index contributed by atoms with van der Waals surface area (Å²) < 4.78 is 27.2. The van der Waals surface area contributed by atoms with Gasteiger partial charge in [0.1, 0.15) is 0 Å². The van der Waals surface area contributed by atoms with E-state index in [4.69, 9.17) is 17.3 Å². The molecule has 3 rings (SSSR count). The third kappa shape index (κ3) is 4.92. The van der Waals surface area contributed by atoms with E-state index in [1.807, 2.05) is 0 Å².